The summed E-state index contributed by atoms with van der Waals surface area (Å²) < 4.78 is 22.2. The van der Waals surface area contributed by atoms with Crippen LogP contribution in [0.3, 0.4) is 0 Å². The summed E-state index contributed by atoms with van der Waals surface area (Å²) >= 11 is 14.7. The summed E-state index contributed by atoms with van der Waals surface area (Å²) in [6.45, 7) is 2.55. The third kappa shape index (κ3) is 4.44. The van der Waals surface area contributed by atoms with Crippen LogP contribution >= 0.6 is 39.7 Å². The predicted molar refractivity (Wildman–Crippen MR) is 105 cm³/mol. The fourth-order valence-electron chi connectivity index (χ4n) is 2.35. The first kappa shape index (κ1) is 18.9. The van der Waals surface area contributed by atoms with Crippen molar-refractivity contribution in [1.82, 2.24) is 14.9 Å². The normalized spacial score (nSPS) is 10.8. The number of hydrogen-bond donors (Lipinski definition) is 2. The number of nitrogens with zero attached hydrogens (tertiary/aromatic N) is 2. The Balaban J connectivity index is 1.76. The number of rotatable bonds is 6. The highest BCUT2D eigenvalue weighted by molar-refractivity contribution is 9.10. The quantitative estimate of drug-likeness (QED) is 0.504. The second-order valence-corrected chi connectivity index (χ2v) is 7.23. The molecule has 3 rings (SSSR count). The zero-order chi connectivity index (χ0) is 18.7. The number of halogens is 3. The minimum Gasteiger partial charge on any atom is -0.488 e. The molecular weight excluding hydrogens is 443 g/mol. The minimum absolute atomic E-state index is 0.234. The largest absolute Gasteiger partial charge is 0.488 e. The molecule has 0 atom stereocenters. The zero-order valence-corrected chi connectivity index (χ0v) is 16.9. The average Bonchev–Trinajstić information content (AvgIpc) is 2.91. The van der Waals surface area contributed by atoms with Crippen LogP contribution in [-0.4, -0.2) is 14.9 Å². The van der Waals surface area contributed by atoms with Crippen molar-refractivity contribution in [2.24, 2.45) is 0 Å². The lowest BCUT2D eigenvalue weighted by atomic mass is 10.2. The summed E-state index contributed by atoms with van der Waals surface area (Å²) in [7, 11) is 0. The van der Waals surface area contributed by atoms with E-state index in [1.807, 2.05) is 25.1 Å². The summed E-state index contributed by atoms with van der Waals surface area (Å²) in [6.07, 6.45) is 0. The minimum atomic E-state index is -0.375. The molecular formula is C17H15BrClFN4OS. The maximum Gasteiger partial charge on any atom is 0.214 e. The van der Waals surface area contributed by atoms with Gasteiger partial charge in [-0.1, -0.05) is 33.6 Å². The second-order valence-electron chi connectivity index (χ2n) is 5.52. The molecule has 0 unspecified atom stereocenters. The van der Waals surface area contributed by atoms with Crippen molar-refractivity contribution < 1.29 is 9.13 Å². The summed E-state index contributed by atoms with van der Waals surface area (Å²) in [4.78, 5) is 0. The van der Waals surface area contributed by atoms with Crippen LogP contribution in [0.25, 0.3) is 0 Å². The molecule has 0 spiro atoms. The van der Waals surface area contributed by atoms with Gasteiger partial charge >= 0.3 is 0 Å². The van der Waals surface area contributed by atoms with E-state index in [0.29, 0.717) is 27.7 Å². The predicted octanol–water partition coefficient (Wildman–Crippen LogP) is 5.13. The van der Waals surface area contributed by atoms with Gasteiger partial charge in [0.2, 0.25) is 4.77 Å². The van der Waals surface area contributed by atoms with Crippen LogP contribution < -0.4 is 10.2 Å². The molecule has 0 radical (unpaired) electrons. The maximum absolute atomic E-state index is 13.2. The van der Waals surface area contributed by atoms with E-state index in [0.717, 1.165) is 15.9 Å². The van der Waals surface area contributed by atoms with Crippen molar-refractivity contribution in [1.29, 1.82) is 0 Å². The van der Waals surface area contributed by atoms with Gasteiger partial charge in [-0.15, -0.1) is 0 Å². The third-order valence-electron chi connectivity index (χ3n) is 3.69. The lowest BCUT2D eigenvalue weighted by Crippen LogP contribution is -2.16. The van der Waals surface area contributed by atoms with Gasteiger partial charge in [-0.3, -0.25) is 5.10 Å². The van der Waals surface area contributed by atoms with Crippen molar-refractivity contribution in [3.63, 3.8) is 0 Å². The lowest BCUT2D eigenvalue weighted by molar-refractivity contribution is 0.303. The first-order chi connectivity index (χ1) is 12.4. The van der Waals surface area contributed by atoms with Crippen molar-refractivity contribution in [3.8, 4) is 5.75 Å². The number of nitrogens with one attached hydrogen (secondary N) is 2. The number of aromatic nitrogens is 3. The van der Waals surface area contributed by atoms with Gasteiger partial charge in [-0.25, -0.2) is 9.07 Å². The van der Waals surface area contributed by atoms with Crippen LogP contribution in [0.15, 0.2) is 40.9 Å². The molecule has 3 aromatic rings. The number of aromatic amines is 1. The lowest BCUT2D eigenvalue weighted by Gasteiger charge is -2.14. The fourth-order valence-corrected chi connectivity index (χ4v) is 3.22. The monoisotopic (exact) mass is 456 g/mol. The van der Waals surface area contributed by atoms with E-state index in [4.69, 9.17) is 28.6 Å². The van der Waals surface area contributed by atoms with Crippen LogP contribution in [0.1, 0.15) is 17.0 Å². The Kier molecular flexibility index (Phi) is 5.95. The van der Waals surface area contributed by atoms with Crippen LogP contribution in [0.2, 0.25) is 5.02 Å². The molecule has 0 aliphatic carbocycles. The number of hydrogen-bond acceptors (Lipinski definition) is 4. The fraction of sp³-hybridized carbons (Fsp3) is 0.176. The summed E-state index contributed by atoms with van der Waals surface area (Å²) in [6, 6.07) is 9.95. The molecule has 5 nitrogen and oxygen atoms in total. The van der Waals surface area contributed by atoms with Gasteiger partial charge in [0.15, 0.2) is 0 Å². The first-order valence-electron chi connectivity index (χ1n) is 7.67. The molecule has 9 heteroatoms. The summed E-state index contributed by atoms with van der Waals surface area (Å²) in [5.41, 5.74) is 4.83. The van der Waals surface area contributed by atoms with Crippen LogP contribution in [0.5, 0.6) is 5.75 Å². The van der Waals surface area contributed by atoms with Gasteiger partial charge in [0, 0.05) is 15.6 Å². The van der Waals surface area contributed by atoms with E-state index < -0.39 is 0 Å². The Labute approximate surface area is 168 Å². The third-order valence-corrected chi connectivity index (χ3v) is 4.81. The van der Waals surface area contributed by atoms with E-state index in [2.05, 4.69) is 31.6 Å². The van der Waals surface area contributed by atoms with Crippen LogP contribution in [-0.2, 0) is 13.2 Å². The second kappa shape index (κ2) is 8.20. The zero-order valence-electron chi connectivity index (χ0n) is 13.7. The van der Waals surface area contributed by atoms with Crippen molar-refractivity contribution in [2.45, 2.75) is 20.1 Å². The molecule has 0 fully saturated rings. The molecule has 0 amide bonds. The van der Waals surface area contributed by atoms with E-state index >= 15 is 0 Å². The molecule has 0 aliphatic heterocycles. The van der Waals surface area contributed by atoms with Gasteiger partial charge in [0.1, 0.15) is 24.0 Å². The molecule has 2 N–H and O–H groups in total. The van der Waals surface area contributed by atoms with Crippen molar-refractivity contribution in [2.75, 3.05) is 5.43 Å². The van der Waals surface area contributed by atoms with E-state index in [1.54, 1.807) is 10.7 Å². The van der Waals surface area contributed by atoms with Crippen LogP contribution in [0, 0.1) is 17.5 Å². The van der Waals surface area contributed by atoms with Crippen molar-refractivity contribution >= 4 is 39.7 Å². The van der Waals surface area contributed by atoms with Gasteiger partial charge in [0.25, 0.3) is 0 Å². The Bertz CT molecular complexity index is 991. The molecule has 0 bridgehead atoms. The van der Waals surface area contributed by atoms with Gasteiger partial charge in [-0.05, 0) is 49.5 Å². The van der Waals surface area contributed by atoms with E-state index in [1.165, 1.54) is 12.1 Å². The van der Waals surface area contributed by atoms with Crippen LogP contribution in [0.4, 0.5) is 4.39 Å². The number of benzene rings is 2. The smallest absolute Gasteiger partial charge is 0.214 e. The van der Waals surface area contributed by atoms with E-state index in [9.17, 15) is 4.39 Å². The average molecular weight is 458 g/mol. The number of H-pyrrole nitrogens is 1. The van der Waals surface area contributed by atoms with Crippen molar-refractivity contribution in [3.05, 3.63) is 73.4 Å². The Morgan fingerprint density at radius 3 is 2.81 bits per heavy atom. The summed E-state index contributed by atoms with van der Waals surface area (Å²) in [5, 5.41) is 7.12. The maximum atomic E-state index is 13.2. The molecule has 136 valence electrons. The van der Waals surface area contributed by atoms with E-state index in [-0.39, 0.29) is 12.4 Å². The van der Waals surface area contributed by atoms with Gasteiger partial charge < -0.3 is 10.2 Å². The molecule has 2 aromatic carbocycles. The van der Waals surface area contributed by atoms with Gasteiger partial charge in [-0.2, -0.15) is 5.10 Å². The molecule has 1 heterocycles. The topological polar surface area (TPSA) is 54.9 Å². The Morgan fingerprint density at radius 2 is 2.12 bits per heavy atom. The number of aryl methyl sites for hydroxylation is 1. The molecule has 0 saturated carbocycles. The summed E-state index contributed by atoms with van der Waals surface area (Å²) in [5.74, 6) is 1.04. The van der Waals surface area contributed by atoms with Gasteiger partial charge in [0.05, 0.1) is 11.6 Å². The first-order valence-corrected chi connectivity index (χ1v) is 9.25. The highest BCUT2D eigenvalue weighted by Crippen LogP contribution is 2.26. The standard InChI is InChI=1S/C17H15BrClFN4OS/c1-10-22-23-17(26)24(10)21-8-12-6-13(18)3-5-16(12)25-9-11-2-4-14(20)7-15(11)19/h2-7,21H,8-9H2,1H3,(H,23,26). The Morgan fingerprint density at radius 1 is 1.31 bits per heavy atom. The molecule has 1 aromatic heterocycles. The Hall–Kier alpha value is -1.90. The highest BCUT2D eigenvalue weighted by Gasteiger charge is 2.09. The highest BCUT2D eigenvalue weighted by atomic mass is 79.9. The SMILES string of the molecule is Cc1n[nH]c(=S)n1NCc1cc(Br)ccc1OCc1ccc(F)cc1Cl. The molecule has 26 heavy (non-hydrogen) atoms. The molecule has 0 aliphatic rings. The molecule has 0 saturated heterocycles. The number of ether oxygens (including phenoxy) is 1.